The zero-order valence-corrected chi connectivity index (χ0v) is 14.7. The van der Waals surface area contributed by atoms with E-state index in [-0.39, 0.29) is 12.4 Å². The molecule has 0 saturated heterocycles. The SMILES string of the molecule is Cc1nn(C)c2ncc(C(=O)OCC(=O)c3ccc(Br)cc3)cc12. The van der Waals surface area contributed by atoms with Gasteiger partial charge in [0.1, 0.15) is 0 Å². The lowest BCUT2D eigenvalue weighted by atomic mass is 10.1. The van der Waals surface area contributed by atoms with Gasteiger partial charge in [-0.2, -0.15) is 5.10 Å². The Balaban J connectivity index is 1.72. The summed E-state index contributed by atoms with van der Waals surface area (Å²) in [6.45, 7) is 1.53. The Morgan fingerprint density at radius 3 is 2.62 bits per heavy atom. The number of benzene rings is 1. The highest BCUT2D eigenvalue weighted by Gasteiger charge is 2.15. The molecule has 1 aromatic carbocycles. The molecule has 0 aliphatic carbocycles. The summed E-state index contributed by atoms with van der Waals surface area (Å²) >= 11 is 3.30. The van der Waals surface area contributed by atoms with E-state index in [1.54, 1.807) is 42.1 Å². The van der Waals surface area contributed by atoms with Gasteiger partial charge in [-0.25, -0.2) is 9.78 Å². The standard InChI is InChI=1S/C17H14BrN3O3/c1-10-14-7-12(8-19-16(14)21(2)20-10)17(23)24-9-15(22)11-3-5-13(18)6-4-11/h3-8H,9H2,1-2H3. The Morgan fingerprint density at radius 2 is 1.92 bits per heavy atom. The number of esters is 1. The highest BCUT2D eigenvalue weighted by Crippen LogP contribution is 2.17. The number of nitrogens with zero attached hydrogens (tertiary/aromatic N) is 3. The third-order valence-corrected chi connectivity index (χ3v) is 4.13. The van der Waals surface area contributed by atoms with E-state index in [4.69, 9.17) is 4.74 Å². The fraction of sp³-hybridized carbons (Fsp3) is 0.176. The first-order chi connectivity index (χ1) is 11.5. The molecule has 0 saturated carbocycles. The van der Waals surface area contributed by atoms with Crippen molar-refractivity contribution in [2.24, 2.45) is 7.05 Å². The minimum Gasteiger partial charge on any atom is -0.454 e. The van der Waals surface area contributed by atoms with Crippen molar-refractivity contribution in [3.8, 4) is 0 Å². The molecule has 122 valence electrons. The fourth-order valence-electron chi connectivity index (χ4n) is 2.35. The number of halogens is 1. The zero-order valence-electron chi connectivity index (χ0n) is 13.1. The van der Waals surface area contributed by atoms with Gasteiger partial charge in [-0.05, 0) is 25.1 Å². The molecule has 2 aromatic heterocycles. The molecule has 7 heteroatoms. The van der Waals surface area contributed by atoms with E-state index in [2.05, 4.69) is 26.0 Å². The van der Waals surface area contributed by atoms with Gasteiger partial charge in [-0.1, -0.05) is 28.1 Å². The Bertz CT molecular complexity index is 932. The number of fused-ring (bicyclic) bond motifs is 1. The number of ether oxygens (including phenoxy) is 1. The Labute approximate surface area is 146 Å². The largest absolute Gasteiger partial charge is 0.454 e. The van der Waals surface area contributed by atoms with Crippen LogP contribution in [0.4, 0.5) is 0 Å². The molecule has 0 spiro atoms. The van der Waals surface area contributed by atoms with Crippen molar-refractivity contribution in [1.82, 2.24) is 14.8 Å². The lowest BCUT2D eigenvalue weighted by molar-refractivity contribution is 0.0474. The number of rotatable bonds is 4. The van der Waals surface area contributed by atoms with Crippen LogP contribution in [0.3, 0.4) is 0 Å². The maximum absolute atomic E-state index is 12.1. The summed E-state index contributed by atoms with van der Waals surface area (Å²) in [7, 11) is 1.79. The van der Waals surface area contributed by atoms with Crippen LogP contribution in [0.2, 0.25) is 0 Å². The summed E-state index contributed by atoms with van der Waals surface area (Å²) < 4.78 is 7.63. The van der Waals surface area contributed by atoms with Crippen LogP contribution >= 0.6 is 15.9 Å². The molecular weight excluding hydrogens is 374 g/mol. The summed E-state index contributed by atoms with van der Waals surface area (Å²) in [5.41, 5.74) is 2.25. The topological polar surface area (TPSA) is 74.1 Å². The molecule has 0 bridgehead atoms. The monoisotopic (exact) mass is 387 g/mol. The quantitative estimate of drug-likeness (QED) is 0.507. The van der Waals surface area contributed by atoms with Crippen molar-refractivity contribution in [2.75, 3.05) is 6.61 Å². The number of carbonyl (C=O) groups is 2. The lowest BCUT2D eigenvalue weighted by Gasteiger charge is -2.05. The predicted octanol–water partition coefficient (Wildman–Crippen LogP) is 3.08. The van der Waals surface area contributed by atoms with Gasteiger partial charge in [0.25, 0.3) is 0 Å². The molecule has 0 atom stereocenters. The van der Waals surface area contributed by atoms with Crippen molar-refractivity contribution in [3.63, 3.8) is 0 Å². The molecule has 0 unspecified atom stereocenters. The number of carbonyl (C=O) groups excluding carboxylic acids is 2. The summed E-state index contributed by atoms with van der Waals surface area (Å²) in [6, 6.07) is 8.55. The minimum atomic E-state index is -0.585. The first kappa shape index (κ1) is 16.3. The van der Waals surface area contributed by atoms with Crippen LogP contribution in [-0.4, -0.2) is 33.1 Å². The molecule has 3 aromatic rings. The van der Waals surface area contributed by atoms with Crippen molar-refractivity contribution in [3.05, 3.63) is 57.8 Å². The number of hydrogen-bond donors (Lipinski definition) is 0. The summed E-state index contributed by atoms with van der Waals surface area (Å²) in [4.78, 5) is 28.4. The molecule has 0 N–H and O–H groups in total. The number of aromatic nitrogens is 3. The normalized spacial score (nSPS) is 10.8. The molecule has 0 radical (unpaired) electrons. The van der Waals surface area contributed by atoms with Crippen LogP contribution in [-0.2, 0) is 11.8 Å². The Hall–Kier alpha value is -2.54. The van der Waals surface area contributed by atoms with Gasteiger partial charge in [-0.3, -0.25) is 9.48 Å². The highest BCUT2D eigenvalue weighted by atomic mass is 79.9. The summed E-state index contributed by atoms with van der Waals surface area (Å²) in [5, 5.41) is 5.04. The van der Waals surface area contributed by atoms with Gasteiger partial charge in [0.15, 0.2) is 18.0 Å². The molecular formula is C17H14BrN3O3. The number of ketones is 1. The van der Waals surface area contributed by atoms with E-state index >= 15 is 0 Å². The number of hydrogen-bond acceptors (Lipinski definition) is 5. The maximum atomic E-state index is 12.1. The minimum absolute atomic E-state index is 0.262. The van der Waals surface area contributed by atoms with Gasteiger partial charge >= 0.3 is 5.97 Å². The van der Waals surface area contributed by atoms with Crippen molar-refractivity contribution in [1.29, 1.82) is 0 Å². The molecule has 24 heavy (non-hydrogen) atoms. The first-order valence-corrected chi connectivity index (χ1v) is 8.00. The van der Waals surface area contributed by atoms with Gasteiger partial charge in [0.05, 0.1) is 11.3 Å². The van der Waals surface area contributed by atoms with E-state index in [0.717, 1.165) is 15.6 Å². The zero-order chi connectivity index (χ0) is 17.3. The van der Waals surface area contributed by atoms with Crippen LogP contribution in [0.5, 0.6) is 0 Å². The molecule has 2 heterocycles. The van der Waals surface area contributed by atoms with Crippen molar-refractivity contribution < 1.29 is 14.3 Å². The first-order valence-electron chi connectivity index (χ1n) is 7.21. The molecule has 0 amide bonds. The number of Topliss-reactive ketones (excluding diaryl/α,β-unsaturated/α-hetero) is 1. The molecule has 6 nitrogen and oxygen atoms in total. The maximum Gasteiger partial charge on any atom is 0.340 e. The Morgan fingerprint density at radius 1 is 1.21 bits per heavy atom. The fourth-order valence-corrected chi connectivity index (χ4v) is 2.62. The van der Waals surface area contributed by atoms with Crippen molar-refractivity contribution >= 4 is 38.7 Å². The average Bonchev–Trinajstić information content (AvgIpc) is 2.87. The van der Waals surface area contributed by atoms with Gasteiger partial charge in [0, 0.05) is 28.7 Å². The molecule has 0 fully saturated rings. The average molecular weight is 388 g/mol. The van der Waals surface area contributed by atoms with E-state index in [1.165, 1.54) is 6.20 Å². The van der Waals surface area contributed by atoms with E-state index in [9.17, 15) is 9.59 Å². The van der Waals surface area contributed by atoms with Crippen LogP contribution < -0.4 is 0 Å². The summed E-state index contributed by atoms with van der Waals surface area (Å²) in [6.07, 6.45) is 1.43. The van der Waals surface area contributed by atoms with Gasteiger partial charge < -0.3 is 4.74 Å². The van der Waals surface area contributed by atoms with Crippen LogP contribution in [0, 0.1) is 6.92 Å². The van der Waals surface area contributed by atoms with Crippen LogP contribution in [0.25, 0.3) is 11.0 Å². The second kappa shape index (κ2) is 6.52. The molecule has 0 aliphatic rings. The third kappa shape index (κ3) is 3.21. The smallest absolute Gasteiger partial charge is 0.340 e. The second-order valence-electron chi connectivity index (χ2n) is 5.31. The van der Waals surface area contributed by atoms with Gasteiger partial charge in [0.2, 0.25) is 0 Å². The number of pyridine rings is 1. The van der Waals surface area contributed by atoms with Crippen molar-refractivity contribution in [2.45, 2.75) is 6.92 Å². The van der Waals surface area contributed by atoms with E-state index < -0.39 is 5.97 Å². The van der Waals surface area contributed by atoms with Crippen LogP contribution in [0.1, 0.15) is 26.4 Å². The lowest BCUT2D eigenvalue weighted by Crippen LogP contribution is -2.14. The van der Waals surface area contributed by atoms with Gasteiger partial charge in [-0.15, -0.1) is 0 Å². The van der Waals surface area contributed by atoms with E-state index in [0.29, 0.717) is 16.8 Å². The third-order valence-electron chi connectivity index (χ3n) is 3.60. The Kier molecular flexibility index (Phi) is 4.44. The predicted molar refractivity (Wildman–Crippen MR) is 92.0 cm³/mol. The molecule has 3 rings (SSSR count). The molecule has 0 aliphatic heterocycles. The number of aryl methyl sites for hydroxylation is 2. The summed E-state index contributed by atoms with van der Waals surface area (Å²) in [5.74, 6) is -0.847. The van der Waals surface area contributed by atoms with E-state index in [1.807, 2.05) is 6.92 Å². The van der Waals surface area contributed by atoms with Crippen LogP contribution in [0.15, 0.2) is 41.0 Å². The second-order valence-corrected chi connectivity index (χ2v) is 6.23. The highest BCUT2D eigenvalue weighted by molar-refractivity contribution is 9.10.